The maximum Gasteiger partial charge on any atom is 0.356 e. The van der Waals surface area contributed by atoms with Gasteiger partial charge in [0.15, 0.2) is 6.10 Å². The van der Waals surface area contributed by atoms with Gasteiger partial charge in [0.1, 0.15) is 27.9 Å². The lowest BCUT2D eigenvalue weighted by molar-refractivity contribution is -0.154. The van der Waals surface area contributed by atoms with Crippen LogP contribution in [0.25, 0.3) is 5.57 Å². The van der Waals surface area contributed by atoms with E-state index in [1.807, 2.05) is 74.8 Å². The Kier molecular flexibility index (Phi) is 9.22. The number of benzene rings is 2. The molecule has 2 amide bonds. The van der Waals surface area contributed by atoms with E-state index >= 15 is 0 Å². The number of aliphatic hydroxyl groups excluding tert-OH is 1. The predicted molar refractivity (Wildman–Crippen MR) is 166 cm³/mol. The number of rotatable bonds is 10. The molecule has 2 atom stereocenters. The van der Waals surface area contributed by atoms with Gasteiger partial charge < -0.3 is 20.1 Å². The van der Waals surface area contributed by atoms with Gasteiger partial charge in [0.05, 0.1) is 5.33 Å². The molecule has 0 spiro atoms. The second-order valence-electron chi connectivity index (χ2n) is 9.60. The van der Waals surface area contributed by atoms with Crippen LogP contribution in [-0.4, -0.2) is 74.6 Å². The third-order valence-corrected chi connectivity index (χ3v) is 9.60. The van der Waals surface area contributed by atoms with E-state index < -0.39 is 46.8 Å². The van der Waals surface area contributed by atoms with Crippen molar-refractivity contribution in [1.29, 1.82) is 0 Å². The number of halogens is 1. The Morgan fingerprint density at radius 3 is 2.30 bits per heavy atom. The molecule has 43 heavy (non-hydrogen) atoms. The molecule has 2 aliphatic rings. The van der Waals surface area contributed by atoms with Crippen molar-refractivity contribution in [2.45, 2.75) is 17.5 Å². The lowest BCUT2D eigenvalue weighted by Crippen LogP contribution is -2.70. The zero-order valence-corrected chi connectivity index (χ0v) is 26.1. The zero-order chi connectivity index (χ0) is 30.7. The van der Waals surface area contributed by atoms with Gasteiger partial charge in [-0.2, -0.15) is 0 Å². The summed E-state index contributed by atoms with van der Waals surface area (Å²) in [4.78, 5) is 54.6. The summed E-state index contributed by atoms with van der Waals surface area (Å²) in [6.45, 7) is 0. The van der Waals surface area contributed by atoms with Crippen LogP contribution in [0.4, 0.5) is 5.13 Å². The molecule has 222 valence electrons. The van der Waals surface area contributed by atoms with E-state index in [0.717, 1.165) is 11.1 Å². The number of nitrogens with one attached hydrogen (secondary N) is 1. The van der Waals surface area contributed by atoms with Crippen LogP contribution in [0.2, 0.25) is 0 Å². The van der Waals surface area contributed by atoms with E-state index in [0.29, 0.717) is 15.7 Å². The highest BCUT2D eigenvalue weighted by atomic mass is 79.9. The number of thioether (sulfide) groups is 1. The fraction of sp³-hybridized carbons (Fsp3) is 0.250. The number of carbonyl (C=O) groups excluding carboxylic acids is 3. The number of β-lactam (4-membered cyclic amide) rings is 1. The zero-order valence-electron chi connectivity index (χ0n) is 22.8. The standard InChI is InChI=1S/C28H25BrN6O6S2/c1-34(2)28-32-31-24(43-28)17-14-42-26-20(30-23(37)19(33-40)18(36)13-29)25(38)35(26)21(17)27(39)41-22(15-9-5-3-6-10-15)16-11-7-4-8-12-16/h3-12,20,22,26,36H,13-14H2,1-2H3,(H,30,37)/t20?,26-/m1/s1. The van der Waals surface area contributed by atoms with Crippen molar-refractivity contribution < 1.29 is 24.2 Å². The Hall–Kier alpha value is -4.08. The van der Waals surface area contributed by atoms with Gasteiger partial charge >= 0.3 is 5.97 Å². The third kappa shape index (κ3) is 6.05. The molecule has 15 heteroatoms. The molecular weight excluding hydrogens is 660 g/mol. The third-order valence-electron chi connectivity index (χ3n) is 6.64. The number of allylic oxidation sites excluding steroid dienone is 1. The average Bonchev–Trinajstić information content (AvgIpc) is 3.53. The fourth-order valence-corrected chi connectivity index (χ4v) is 7.05. The Bertz CT molecular complexity index is 1570. The maximum absolute atomic E-state index is 14.1. The molecule has 1 saturated heterocycles. The first kappa shape index (κ1) is 30.4. The van der Waals surface area contributed by atoms with Crippen molar-refractivity contribution in [2.24, 2.45) is 5.18 Å². The van der Waals surface area contributed by atoms with Crippen LogP contribution in [-0.2, 0) is 19.1 Å². The molecule has 0 radical (unpaired) electrons. The molecule has 1 fully saturated rings. The molecule has 0 saturated carbocycles. The van der Waals surface area contributed by atoms with Gasteiger partial charge in [-0.1, -0.05) is 87.9 Å². The SMILES string of the molecule is CN(C)c1nnc(C2=C(C(=O)OC(c3ccccc3)c3ccccc3)N3C(=O)C(NC(=O)C(N=O)=C(O)CBr)[C@H]3SC2)s1. The molecule has 2 N–H and O–H groups in total. The highest BCUT2D eigenvalue weighted by molar-refractivity contribution is 9.09. The smallest absolute Gasteiger partial charge is 0.356 e. The number of alkyl halides is 1. The van der Waals surface area contributed by atoms with Gasteiger partial charge in [0.2, 0.25) is 10.8 Å². The minimum atomic E-state index is -1.08. The summed E-state index contributed by atoms with van der Waals surface area (Å²) in [5.74, 6) is -2.65. The first-order valence-electron chi connectivity index (χ1n) is 12.9. The Morgan fingerprint density at radius 2 is 1.77 bits per heavy atom. The normalized spacial score (nSPS) is 18.4. The number of nitrogens with zero attached hydrogens (tertiary/aromatic N) is 5. The second-order valence-corrected chi connectivity index (χ2v) is 12.2. The number of aliphatic hydroxyl groups is 1. The largest absolute Gasteiger partial charge is 0.509 e. The van der Waals surface area contributed by atoms with E-state index in [4.69, 9.17) is 4.74 Å². The van der Waals surface area contributed by atoms with Gasteiger partial charge in [-0.15, -0.1) is 26.9 Å². The van der Waals surface area contributed by atoms with E-state index in [-0.39, 0.29) is 16.8 Å². The van der Waals surface area contributed by atoms with E-state index in [2.05, 4.69) is 36.6 Å². The lowest BCUT2D eigenvalue weighted by atomic mass is 10.0. The van der Waals surface area contributed by atoms with Crippen molar-refractivity contribution in [1.82, 2.24) is 20.4 Å². The summed E-state index contributed by atoms with van der Waals surface area (Å²) < 4.78 is 6.14. The number of aromatic nitrogens is 2. The van der Waals surface area contributed by atoms with Crippen molar-refractivity contribution in [3.05, 3.63) is 98.9 Å². The van der Waals surface area contributed by atoms with Gasteiger partial charge in [-0.25, -0.2) is 4.79 Å². The number of amides is 2. The number of ether oxygens (including phenoxy) is 1. The van der Waals surface area contributed by atoms with E-state index in [9.17, 15) is 24.4 Å². The highest BCUT2D eigenvalue weighted by Gasteiger charge is 2.55. The average molecular weight is 686 g/mol. The summed E-state index contributed by atoms with van der Waals surface area (Å²) >= 11 is 5.54. The Labute approximate surface area is 262 Å². The number of carbonyl (C=O) groups is 3. The number of hydrogen-bond acceptors (Lipinski definition) is 12. The molecule has 1 unspecified atom stereocenters. The number of esters is 1. The van der Waals surface area contributed by atoms with Gasteiger partial charge in [-0.3, -0.25) is 14.5 Å². The molecule has 2 aromatic carbocycles. The van der Waals surface area contributed by atoms with Crippen molar-refractivity contribution in [2.75, 3.05) is 30.1 Å². The molecule has 3 aromatic rings. The summed E-state index contributed by atoms with van der Waals surface area (Å²) in [7, 11) is 3.64. The summed E-state index contributed by atoms with van der Waals surface area (Å²) in [5, 5.41) is 23.6. The van der Waals surface area contributed by atoms with Crippen LogP contribution >= 0.6 is 39.0 Å². The summed E-state index contributed by atoms with van der Waals surface area (Å²) in [5.41, 5.74) is 1.22. The molecule has 2 aliphatic heterocycles. The van der Waals surface area contributed by atoms with Gasteiger partial charge in [0, 0.05) is 25.4 Å². The number of fused-ring (bicyclic) bond motifs is 1. The minimum Gasteiger partial charge on any atom is -0.509 e. The van der Waals surface area contributed by atoms with E-state index in [1.165, 1.54) is 28.0 Å². The van der Waals surface area contributed by atoms with Crippen LogP contribution < -0.4 is 10.2 Å². The van der Waals surface area contributed by atoms with Gasteiger partial charge in [-0.05, 0) is 16.3 Å². The van der Waals surface area contributed by atoms with Crippen LogP contribution in [0, 0.1) is 4.91 Å². The highest BCUT2D eigenvalue weighted by Crippen LogP contribution is 2.45. The van der Waals surface area contributed by atoms with Crippen LogP contribution in [0.5, 0.6) is 0 Å². The number of nitroso groups, excluding NO2 is 1. The van der Waals surface area contributed by atoms with Crippen LogP contribution in [0.1, 0.15) is 22.2 Å². The molecule has 1 aromatic heterocycles. The Balaban J connectivity index is 1.51. The van der Waals surface area contributed by atoms with Gasteiger partial charge in [0.25, 0.3) is 11.8 Å². The monoisotopic (exact) mass is 684 g/mol. The molecule has 0 aliphatic carbocycles. The first-order chi connectivity index (χ1) is 20.7. The van der Waals surface area contributed by atoms with Crippen molar-refractivity contribution in [3.63, 3.8) is 0 Å². The molecule has 3 heterocycles. The van der Waals surface area contributed by atoms with Crippen LogP contribution in [0.15, 0.2) is 83.0 Å². The predicted octanol–water partition coefficient (Wildman–Crippen LogP) is 3.98. The number of hydrogen-bond donors (Lipinski definition) is 2. The summed E-state index contributed by atoms with van der Waals surface area (Å²) in [6.07, 6.45) is -0.770. The first-order valence-corrected chi connectivity index (χ1v) is 15.9. The molecule has 0 bridgehead atoms. The summed E-state index contributed by atoms with van der Waals surface area (Å²) in [6, 6.07) is 17.4. The van der Waals surface area contributed by atoms with Crippen LogP contribution in [0.3, 0.4) is 0 Å². The maximum atomic E-state index is 14.1. The molecular formula is C28H25BrN6O6S2. The number of anilines is 1. The fourth-order valence-electron chi connectivity index (χ4n) is 4.54. The lowest BCUT2D eigenvalue weighted by Gasteiger charge is -2.49. The topological polar surface area (TPSA) is 154 Å². The molecule has 5 rings (SSSR count). The molecule has 12 nitrogen and oxygen atoms in total. The van der Waals surface area contributed by atoms with Crippen molar-refractivity contribution >= 4 is 67.5 Å². The van der Waals surface area contributed by atoms with E-state index in [1.54, 1.807) is 4.90 Å². The second kappa shape index (κ2) is 13.1. The quantitative estimate of drug-likeness (QED) is 0.0800. The minimum absolute atomic E-state index is 0.00477. The Morgan fingerprint density at radius 1 is 1.14 bits per heavy atom. The van der Waals surface area contributed by atoms with Crippen molar-refractivity contribution in [3.8, 4) is 0 Å².